The number of carbonyl (C=O) groups excluding carboxylic acids is 2. The van der Waals surface area contributed by atoms with Gasteiger partial charge in [-0.1, -0.05) is 34.1 Å². The van der Waals surface area contributed by atoms with Gasteiger partial charge in [0.15, 0.2) is 0 Å². The van der Waals surface area contributed by atoms with E-state index in [1.54, 1.807) is 4.90 Å². The number of likely N-dealkylation sites (tertiary alicyclic amines) is 1. The number of carbonyl (C=O) groups is 2. The maximum absolute atomic E-state index is 12.5. The minimum atomic E-state index is -0.305. The zero-order valence-electron chi connectivity index (χ0n) is 14.4. The van der Waals surface area contributed by atoms with Gasteiger partial charge in [0.1, 0.15) is 0 Å². The third-order valence-electron chi connectivity index (χ3n) is 4.34. The van der Waals surface area contributed by atoms with Crippen molar-refractivity contribution in [2.24, 2.45) is 5.92 Å². The van der Waals surface area contributed by atoms with Crippen molar-refractivity contribution in [3.63, 3.8) is 0 Å². The summed E-state index contributed by atoms with van der Waals surface area (Å²) in [6.07, 6.45) is 0.268. The van der Waals surface area contributed by atoms with Crippen LogP contribution in [0.25, 0.3) is 0 Å². The number of halogens is 1. The zero-order valence-corrected chi connectivity index (χ0v) is 16.0. The van der Waals surface area contributed by atoms with E-state index >= 15 is 0 Å². The van der Waals surface area contributed by atoms with E-state index in [2.05, 4.69) is 27.3 Å². The summed E-state index contributed by atoms with van der Waals surface area (Å²) in [5, 5.41) is 2.95. The number of amides is 2. The van der Waals surface area contributed by atoms with Gasteiger partial charge in [-0.2, -0.15) is 0 Å². The number of hydrogen-bond donors (Lipinski definition) is 1. The van der Waals surface area contributed by atoms with Crippen LogP contribution in [0.3, 0.4) is 0 Å². The fourth-order valence-corrected chi connectivity index (χ4v) is 3.69. The molecule has 1 aliphatic rings. The topological polar surface area (TPSA) is 49.4 Å². The van der Waals surface area contributed by atoms with Crippen LogP contribution in [-0.2, 0) is 16.1 Å². The summed E-state index contributed by atoms with van der Waals surface area (Å²) in [5.74, 6) is -0.365. The molecule has 130 valence electrons. The second kappa shape index (κ2) is 7.40. The second-order valence-electron chi connectivity index (χ2n) is 6.67. The van der Waals surface area contributed by atoms with Gasteiger partial charge >= 0.3 is 0 Å². The first kappa shape index (κ1) is 17.7. The molecule has 0 aliphatic carbocycles. The quantitative estimate of drug-likeness (QED) is 0.841. The van der Waals surface area contributed by atoms with Gasteiger partial charge in [-0.25, -0.2) is 0 Å². The first-order valence-corrected chi connectivity index (χ1v) is 9.11. The summed E-state index contributed by atoms with van der Waals surface area (Å²) in [7, 11) is 0. The molecule has 1 atom stereocenters. The molecule has 0 bridgehead atoms. The van der Waals surface area contributed by atoms with E-state index < -0.39 is 0 Å². The molecule has 1 aliphatic heterocycles. The van der Waals surface area contributed by atoms with Gasteiger partial charge in [0.05, 0.1) is 5.92 Å². The first-order chi connectivity index (χ1) is 11.9. The molecule has 0 radical (unpaired) electrons. The lowest BCUT2D eigenvalue weighted by molar-refractivity contribution is -0.128. The van der Waals surface area contributed by atoms with Crippen LogP contribution in [0, 0.1) is 19.8 Å². The Morgan fingerprint density at radius 1 is 1.20 bits per heavy atom. The number of benzene rings is 2. The van der Waals surface area contributed by atoms with Crippen molar-refractivity contribution in [2.45, 2.75) is 26.8 Å². The molecule has 0 saturated carbocycles. The highest BCUT2D eigenvalue weighted by molar-refractivity contribution is 9.10. The predicted molar refractivity (Wildman–Crippen MR) is 102 cm³/mol. The number of nitrogens with one attached hydrogen (secondary N) is 1. The summed E-state index contributed by atoms with van der Waals surface area (Å²) in [4.78, 5) is 26.6. The van der Waals surface area contributed by atoms with Gasteiger partial charge in [-0.15, -0.1) is 0 Å². The molecule has 2 amide bonds. The van der Waals surface area contributed by atoms with Crippen LogP contribution < -0.4 is 5.32 Å². The molecule has 4 nitrogen and oxygen atoms in total. The van der Waals surface area contributed by atoms with Crippen LogP contribution in [0.2, 0.25) is 0 Å². The minimum Gasteiger partial charge on any atom is -0.338 e. The van der Waals surface area contributed by atoms with Gasteiger partial charge < -0.3 is 10.2 Å². The molecule has 3 rings (SSSR count). The Morgan fingerprint density at radius 3 is 2.60 bits per heavy atom. The number of nitrogens with zero attached hydrogens (tertiary/aromatic N) is 1. The number of anilines is 1. The van der Waals surface area contributed by atoms with Gasteiger partial charge in [-0.05, 0) is 54.8 Å². The first-order valence-electron chi connectivity index (χ1n) is 8.32. The Kier molecular flexibility index (Phi) is 5.23. The molecular formula is C20H21BrN2O2. The fourth-order valence-electron chi connectivity index (χ4n) is 3.25. The molecular weight excluding hydrogens is 380 g/mol. The van der Waals surface area contributed by atoms with E-state index in [1.165, 1.54) is 0 Å². The monoisotopic (exact) mass is 400 g/mol. The number of rotatable bonds is 4. The summed E-state index contributed by atoms with van der Waals surface area (Å²) in [5.41, 5.74) is 4.06. The highest BCUT2D eigenvalue weighted by atomic mass is 79.9. The molecule has 25 heavy (non-hydrogen) atoms. The van der Waals surface area contributed by atoms with E-state index in [1.807, 2.05) is 50.2 Å². The maximum atomic E-state index is 12.5. The third kappa shape index (κ3) is 4.48. The van der Waals surface area contributed by atoms with Crippen molar-refractivity contribution in [3.05, 3.63) is 63.6 Å². The van der Waals surface area contributed by atoms with E-state index in [9.17, 15) is 9.59 Å². The third-order valence-corrected chi connectivity index (χ3v) is 4.83. The Labute approximate surface area is 156 Å². The lowest BCUT2D eigenvalue weighted by Gasteiger charge is -2.17. The van der Waals surface area contributed by atoms with Crippen LogP contribution >= 0.6 is 15.9 Å². The molecule has 1 N–H and O–H groups in total. The van der Waals surface area contributed by atoms with E-state index in [0.717, 1.165) is 26.9 Å². The molecule has 0 spiro atoms. The van der Waals surface area contributed by atoms with Crippen molar-refractivity contribution in [2.75, 3.05) is 11.9 Å². The Hall–Kier alpha value is -2.14. The van der Waals surface area contributed by atoms with Crippen molar-refractivity contribution in [1.29, 1.82) is 0 Å². The summed E-state index contributed by atoms with van der Waals surface area (Å²) in [6, 6.07) is 13.8. The Balaban J connectivity index is 1.64. The maximum Gasteiger partial charge on any atom is 0.229 e. The smallest absolute Gasteiger partial charge is 0.229 e. The van der Waals surface area contributed by atoms with Gasteiger partial charge in [0.2, 0.25) is 11.8 Å². The largest absolute Gasteiger partial charge is 0.338 e. The van der Waals surface area contributed by atoms with Crippen LogP contribution in [0.4, 0.5) is 5.69 Å². The molecule has 2 aromatic carbocycles. The average Bonchev–Trinajstić information content (AvgIpc) is 2.87. The fraction of sp³-hybridized carbons (Fsp3) is 0.300. The molecule has 0 aromatic heterocycles. The Bertz CT molecular complexity index is 799. The SMILES string of the molecule is Cc1cc(C)cc(NC(=O)C2CC(=O)N(Cc3cccc(Br)c3)C2)c1. The molecule has 2 aromatic rings. The highest BCUT2D eigenvalue weighted by Crippen LogP contribution is 2.23. The second-order valence-corrected chi connectivity index (χ2v) is 7.59. The zero-order chi connectivity index (χ0) is 18.0. The summed E-state index contributed by atoms with van der Waals surface area (Å²) >= 11 is 3.44. The van der Waals surface area contributed by atoms with Gasteiger partial charge in [0, 0.05) is 29.7 Å². The van der Waals surface area contributed by atoms with Crippen molar-refractivity contribution in [1.82, 2.24) is 4.90 Å². The van der Waals surface area contributed by atoms with Crippen molar-refractivity contribution in [3.8, 4) is 0 Å². The van der Waals surface area contributed by atoms with Crippen LogP contribution in [0.5, 0.6) is 0 Å². The standard InChI is InChI=1S/C20H21BrN2O2/c1-13-6-14(2)8-18(7-13)22-20(25)16-10-19(24)23(12-16)11-15-4-3-5-17(21)9-15/h3-9,16H,10-12H2,1-2H3,(H,22,25). The molecule has 1 fully saturated rings. The van der Waals surface area contributed by atoms with Crippen LogP contribution in [0.1, 0.15) is 23.1 Å². The normalized spacial score (nSPS) is 17.0. The summed E-state index contributed by atoms with van der Waals surface area (Å²) < 4.78 is 0.987. The van der Waals surface area contributed by atoms with Gasteiger partial charge in [-0.3, -0.25) is 9.59 Å². The average molecular weight is 401 g/mol. The molecule has 1 heterocycles. The molecule has 1 unspecified atom stereocenters. The van der Waals surface area contributed by atoms with Crippen LogP contribution in [0.15, 0.2) is 46.9 Å². The molecule has 5 heteroatoms. The van der Waals surface area contributed by atoms with E-state index in [-0.39, 0.29) is 24.2 Å². The highest BCUT2D eigenvalue weighted by Gasteiger charge is 2.34. The summed E-state index contributed by atoms with van der Waals surface area (Å²) in [6.45, 7) is 5.00. The Morgan fingerprint density at radius 2 is 1.92 bits per heavy atom. The van der Waals surface area contributed by atoms with Crippen molar-refractivity contribution >= 4 is 33.4 Å². The van der Waals surface area contributed by atoms with Gasteiger partial charge in [0.25, 0.3) is 0 Å². The number of hydrogen-bond acceptors (Lipinski definition) is 2. The van der Waals surface area contributed by atoms with Crippen molar-refractivity contribution < 1.29 is 9.59 Å². The van der Waals surface area contributed by atoms with E-state index in [0.29, 0.717) is 13.1 Å². The lowest BCUT2D eigenvalue weighted by atomic mass is 10.1. The predicted octanol–water partition coefficient (Wildman–Crippen LogP) is 4.05. The lowest BCUT2D eigenvalue weighted by Crippen LogP contribution is -2.28. The molecule has 1 saturated heterocycles. The van der Waals surface area contributed by atoms with E-state index in [4.69, 9.17) is 0 Å². The number of aryl methyl sites for hydroxylation is 2. The minimum absolute atomic E-state index is 0.0283. The van der Waals surface area contributed by atoms with Crippen LogP contribution in [-0.4, -0.2) is 23.3 Å².